The van der Waals surface area contributed by atoms with Crippen LogP contribution in [-0.2, 0) is 6.42 Å². The minimum Gasteiger partial charge on any atom is -0.322 e. The Morgan fingerprint density at radius 2 is 2.11 bits per heavy atom. The van der Waals surface area contributed by atoms with E-state index >= 15 is 0 Å². The zero-order valence-electron chi connectivity index (χ0n) is 9.41. The number of nitrogens with two attached hydrogens (primary N) is 1. The summed E-state index contributed by atoms with van der Waals surface area (Å²) >= 11 is 9.24. The first-order chi connectivity index (χ1) is 8.59. The second kappa shape index (κ2) is 5.78. The Balaban J connectivity index is 2.24. The highest BCUT2D eigenvalue weighted by Gasteiger charge is 2.14. The average molecular weight is 330 g/mol. The van der Waals surface area contributed by atoms with Crippen LogP contribution in [0.5, 0.6) is 0 Å². The molecule has 2 aromatic rings. The van der Waals surface area contributed by atoms with Crippen LogP contribution in [0.1, 0.15) is 17.3 Å². The van der Waals surface area contributed by atoms with Gasteiger partial charge >= 0.3 is 0 Å². The van der Waals surface area contributed by atoms with Crippen LogP contribution >= 0.6 is 27.5 Å². The van der Waals surface area contributed by atoms with Gasteiger partial charge in [0.05, 0.1) is 21.2 Å². The van der Waals surface area contributed by atoms with E-state index in [1.807, 2.05) is 6.07 Å². The average Bonchev–Trinajstić information content (AvgIpc) is 2.35. The van der Waals surface area contributed by atoms with Crippen molar-refractivity contribution in [1.82, 2.24) is 4.98 Å². The van der Waals surface area contributed by atoms with E-state index in [0.717, 1.165) is 5.56 Å². The third kappa shape index (κ3) is 2.88. The van der Waals surface area contributed by atoms with Gasteiger partial charge in [-0.25, -0.2) is 4.39 Å². The molecule has 0 radical (unpaired) electrons. The second-order valence-electron chi connectivity index (χ2n) is 3.89. The van der Waals surface area contributed by atoms with Crippen molar-refractivity contribution in [3.63, 3.8) is 0 Å². The Kier molecular flexibility index (Phi) is 4.32. The zero-order chi connectivity index (χ0) is 13.1. The van der Waals surface area contributed by atoms with Crippen LogP contribution < -0.4 is 5.73 Å². The smallest absolute Gasteiger partial charge is 0.137 e. The van der Waals surface area contributed by atoms with Gasteiger partial charge in [-0.1, -0.05) is 23.7 Å². The van der Waals surface area contributed by atoms with Crippen LogP contribution in [0.2, 0.25) is 5.02 Å². The van der Waals surface area contributed by atoms with Gasteiger partial charge in [0.25, 0.3) is 0 Å². The van der Waals surface area contributed by atoms with Gasteiger partial charge in [-0.15, -0.1) is 0 Å². The van der Waals surface area contributed by atoms with Crippen LogP contribution in [0.15, 0.2) is 41.0 Å². The van der Waals surface area contributed by atoms with Crippen LogP contribution in [0, 0.1) is 5.82 Å². The summed E-state index contributed by atoms with van der Waals surface area (Å²) in [5, 5.41) is 0.525. The molecule has 2 nitrogen and oxygen atoms in total. The maximum absolute atomic E-state index is 13.4. The summed E-state index contributed by atoms with van der Waals surface area (Å²) in [7, 11) is 0. The van der Waals surface area contributed by atoms with E-state index in [1.54, 1.807) is 24.4 Å². The predicted octanol–water partition coefficient (Wildman–Crippen LogP) is 3.88. The molecule has 1 heterocycles. The second-order valence-corrected chi connectivity index (χ2v) is 5.09. The summed E-state index contributed by atoms with van der Waals surface area (Å²) in [5.41, 5.74) is 7.47. The van der Waals surface area contributed by atoms with Crippen LogP contribution in [0.3, 0.4) is 0 Å². The zero-order valence-corrected chi connectivity index (χ0v) is 11.7. The van der Waals surface area contributed by atoms with Crippen LogP contribution in [-0.4, -0.2) is 4.98 Å². The summed E-state index contributed by atoms with van der Waals surface area (Å²) in [6, 6.07) is 8.00. The van der Waals surface area contributed by atoms with Gasteiger partial charge in [0.2, 0.25) is 0 Å². The van der Waals surface area contributed by atoms with Crippen LogP contribution in [0.25, 0.3) is 0 Å². The number of benzene rings is 1. The molecule has 0 saturated heterocycles. The van der Waals surface area contributed by atoms with E-state index in [-0.39, 0.29) is 11.9 Å². The lowest BCUT2D eigenvalue weighted by atomic mass is 10.0. The molecule has 0 amide bonds. The molecule has 0 spiro atoms. The molecule has 0 aliphatic carbocycles. The highest BCUT2D eigenvalue weighted by atomic mass is 79.9. The van der Waals surface area contributed by atoms with Crippen molar-refractivity contribution in [3.05, 3.63) is 63.1 Å². The van der Waals surface area contributed by atoms with E-state index in [2.05, 4.69) is 20.9 Å². The number of aromatic nitrogens is 1. The van der Waals surface area contributed by atoms with Gasteiger partial charge in [-0.05, 0) is 46.1 Å². The Hall–Kier alpha value is -0.970. The van der Waals surface area contributed by atoms with Crippen molar-refractivity contribution in [2.45, 2.75) is 12.5 Å². The maximum atomic E-state index is 13.4. The van der Waals surface area contributed by atoms with E-state index in [0.29, 0.717) is 21.6 Å². The van der Waals surface area contributed by atoms with Gasteiger partial charge in [-0.2, -0.15) is 0 Å². The number of rotatable bonds is 3. The molecule has 0 saturated carbocycles. The largest absolute Gasteiger partial charge is 0.322 e. The molecule has 0 fully saturated rings. The summed E-state index contributed by atoms with van der Waals surface area (Å²) in [6.07, 6.45) is 2.11. The number of pyridine rings is 1. The van der Waals surface area contributed by atoms with Crippen molar-refractivity contribution in [2.24, 2.45) is 5.73 Å². The van der Waals surface area contributed by atoms with E-state index in [4.69, 9.17) is 17.3 Å². The molecule has 0 aliphatic rings. The molecule has 0 aliphatic heterocycles. The fourth-order valence-corrected chi connectivity index (χ4v) is 2.40. The first kappa shape index (κ1) is 13.5. The molecule has 5 heteroatoms. The predicted molar refractivity (Wildman–Crippen MR) is 74.0 cm³/mol. The van der Waals surface area contributed by atoms with E-state index in [1.165, 1.54) is 6.07 Å². The fraction of sp³-hybridized carbons (Fsp3) is 0.154. The molecule has 1 aromatic carbocycles. The highest BCUT2D eigenvalue weighted by Crippen LogP contribution is 2.26. The quantitative estimate of drug-likeness (QED) is 0.928. The van der Waals surface area contributed by atoms with Crippen molar-refractivity contribution in [1.29, 1.82) is 0 Å². The number of halogens is 3. The van der Waals surface area contributed by atoms with Crippen LogP contribution in [0.4, 0.5) is 4.39 Å². The standard InChI is InChI=1S/C13H11BrClFN2/c14-12-8(3-1-5-10(12)16)7-11(17)13-9(15)4-2-6-18-13/h1-6,11H,7,17H2. The molecular formula is C13H11BrClFN2. The Labute approximate surface area is 118 Å². The van der Waals surface area contributed by atoms with Crippen molar-refractivity contribution in [3.8, 4) is 0 Å². The Bertz CT molecular complexity index is 562. The number of nitrogens with zero attached hydrogens (tertiary/aromatic N) is 1. The molecular weight excluding hydrogens is 319 g/mol. The molecule has 94 valence electrons. The molecule has 2 N–H and O–H groups in total. The number of hydrogen-bond donors (Lipinski definition) is 1. The van der Waals surface area contributed by atoms with Gasteiger partial charge in [-0.3, -0.25) is 4.98 Å². The molecule has 0 bridgehead atoms. The van der Waals surface area contributed by atoms with Gasteiger partial charge in [0.1, 0.15) is 5.82 Å². The summed E-state index contributed by atoms with van der Waals surface area (Å²) < 4.78 is 13.8. The third-order valence-electron chi connectivity index (χ3n) is 2.61. The summed E-state index contributed by atoms with van der Waals surface area (Å²) in [6.45, 7) is 0. The first-order valence-corrected chi connectivity index (χ1v) is 6.55. The van der Waals surface area contributed by atoms with Gasteiger partial charge < -0.3 is 5.73 Å². The summed E-state index contributed by atoms with van der Waals surface area (Å²) in [4.78, 5) is 4.16. The maximum Gasteiger partial charge on any atom is 0.137 e. The van der Waals surface area contributed by atoms with E-state index in [9.17, 15) is 4.39 Å². The minimum absolute atomic E-state index is 0.299. The lowest BCUT2D eigenvalue weighted by molar-refractivity contribution is 0.613. The summed E-state index contributed by atoms with van der Waals surface area (Å²) in [5.74, 6) is -0.299. The molecule has 2 rings (SSSR count). The van der Waals surface area contributed by atoms with Gasteiger partial charge in [0, 0.05) is 6.20 Å². The molecule has 1 aromatic heterocycles. The van der Waals surface area contributed by atoms with Crippen molar-refractivity contribution >= 4 is 27.5 Å². The molecule has 18 heavy (non-hydrogen) atoms. The SMILES string of the molecule is NC(Cc1cccc(F)c1Br)c1ncccc1Cl. The van der Waals surface area contributed by atoms with Crippen molar-refractivity contribution < 1.29 is 4.39 Å². The topological polar surface area (TPSA) is 38.9 Å². The van der Waals surface area contributed by atoms with Crippen molar-refractivity contribution in [2.75, 3.05) is 0 Å². The lowest BCUT2D eigenvalue weighted by Crippen LogP contribution is -2.15. The molecule has 1 unspecified atom stereocenters. The van der Waals surface area contributed by atoms with E-state index < -0.39 is 0 Å². The highest BCUT2D eigenvalue weighted by molar-refractivity contribution is 9.10. The Morgan fingerprint density at radius 3 is 2.83 bits per heavy atom. The molecule has 1 atom stereocenters. The monoisotopic (exact) mass is 328 g/mol. The third-order valence-corrected chi connectivity index (χ3v) is 3.82. The number of hydrogen-bond acceptors (Lipinski definition) is 2. The Morgan fingerprint density at radius 1 is 1.33 bits per heavy atom. The first-order valence-electron chi connectivity index (χ1n) is 5.38. The fourth-order valence-electron chi connectivity index (χ4n) is 1.71. The lowest BCUT2D eigenvalue weighted by Gasteiger charge is -2.13. The van der Waals surface area contributed by atoms with Gasteiger partial charge in [0.15, 0.2) is 0 Å². The normalized spacial score (nSPS) is 12.4. The minimum atomic E-state index is -0.364.